The Kier molecular flexibility index (Phi) is 4.34. The number of rotatable bonds is 6. The molecule has 2 N–H and O–H groups in total. The third-order valence-corrected chi connectivity index (χ3v) is 1.75. The minimum Gasteiger partial charge on any atom is -0.480 e. The van der Waals surface area contributed by atoms with Gasteiger partial charge in [-0.2, -0.15) is 0 Å². The molecule has 1 aromatic rings. The number of aliphatic carboxylic acids is 2. The Balaban J connectivity index is 2.63. The van der Waals surface area contributed by atoms with Crippen LogP contribution in [0.2, 0.25) is 0 Å². The number of aromatic nitrogens is 2. The zero-order valence-electron chi connectivity index (χ0n) is 8.41. The van der Waals surface area contributed by atoms with Crippen molar-refractivity contribution >= 4 is 11.9 Å². The molecule has 0 aliphatic heterocycles. The van der Waals surface area contributed by atoms with Gasteiger partial charge in [0.25, 0.3) is 0 Å². The van der Waals surface area contributed by atoms with E-state index in [4.69, 9.17) is 10.2 Å². The second-order valence-corrected chi connectivity index (χ2v) is 3.13. The first-order chi connectivity index (χ1) is 7.58. The van der Waals surface area contributed by atoms with Gasteiger partial charge in [-0.1, -0.05) is 0 Å². The van der Waals surface area contributed by atoms with Gasteiger partial charge in [-0.05, 0) is 6.07 Å². The first-order valence-corrected chi connectivity index (χ1v) is 4.49. The van der Waals surface area contributed by atoms with Crippen LogP contribution < -0.4 is 0 Å². The van der Waals surface area contributed by atoms with E-state index in [2.05, 4.69) is 9.97 Å². The van der Waals surface area contributed by atoms with Crippen molar-refractivity contribution in [3.05, 3.63) is 24.3 Å². The monoisotopic (exact) mass is 225 g/mol. The van der Waals surface area contributed by atoms with E-state index in [1.54, 1.807) is 6.07 Å². The summed E-state index contributed by atoms with van der Waals surface area (Å²) in [5, 5.41) is 17.2. The number of carboxylic acids is 2. The Morgan fingerprint density at radius 2 is 1.88 bits per heavy atom. The molecular formula is C9H11N3O4. The van der Waals surface area contributed by atoms with Crippen molar-refractivity contribution in [1.29, 1.82) is 0 Å². The van der Waals surface area contributed by atoms with E-state index in [0.29, 0.717) is 5.69 Å². The zero-order valence-corrected chi connectivity index (χ0v) is 8.41. The largest absolute Gasteiger partial charge is 0.480 e. The minimum atomic E-state index is -1.07. The molecule has 7 nitrogen and oxygen atoms in total. The van der Waals surface area contributed by atoms with Crippen molar-refractivity contribution in [2.45, 2.75) is 6.54 Å². The quantitative estimate of drug-likeness (QED) is 0.669. The lowest BCUT2D eigenvalue weighted by molar-refractivity contribution is -0.142. The lowest BCUT2D eigenvalue weighted by atomic mass is 10.3. The highest BCUT2D eigenvalue weighted by atomic mass is 16.4. The molecule has 1 aromatic heterocycles. The molecule has 0 aliphatic rings. The Bertz CT molecular complexity index is 352. The number of hydrogen-bond acceptors (Lipinski definition) is 5. The molecule has 0 bridgehead atoms. The number of nitrogens with zero attached hydrogens (tertiary/aromatic N) is 3. The molecule has 1 heterocycles. The molecular weight excluding hydrogens is 214 g/mol. The van der Waals surface area contributed by atoms with Crippen LogP contribution in [0.1, 0.15) is 5.69 Å². The van der Waals surface area contributed by atoms with E-state index in [0.717, 1.165) is 0 Å². The van der Waals surface area contributed by atoms with Gasteiger partial charge < -0.3 is 10.2 Å². The van der Waals surface area contributed by atoms with E-state index in [9.17, 15) is 9.59 Å². The normalized spacial score (nSPS) is 10.3. The van der Waals surface area contributed by atoms with Crippen LogP contribution in [0.4, 0.5) is 0 Å². The van der Waals surface area contributed by atoms with Crippen molar-refractivity contribution in [2.24, 2.45) is 0 Å². The molecule has 0 fully saturated rings. The standard InChI is InChI=1S/C9H11N3O4/c13-8(14)4-12(5-9(15)16)3-7-1-2-10-6-11-7/h1-2,6H,3-5H2,(H,13,14)(H,15,16). The summed E-state index contributed by atoms with van der Waals surface area (Å²) >= 11 is 0. The summed E-state index contributed by atoms with van der Waals surface area (Å²) in [6, 6.07) is 1.61. The summed E-state index contributed by atoms with van der Waals surface area (Å²) < 4.78 is 0. The van der Waals surface area contributed by atoms with Gasteiger partial charge >= 0.3 is 11.9 Å². The Hall–Kier alpha value is -2.02. The maximum atomic E-state index is 10.5. The second-order valence-electron chi connectivity index (χ2n) is 3.13. The van der Waals surface area contributed by atoms with Crippen molar-refractivity contribution in [3.63, 3.8) is 0 Å². The summed E-state index contributed by atoms with van der Waals surface area (Å²) in [5.74, 6) is -2.15. The van der Waals surface area contributed by atoms with Gasteiger partial charge in [0.1, 0.15) is 6.33 Å². The maximum Gasteiger partial charge on any atom is 0.317 e. The molecule has 16 heavy (non-hydrogen) atoms. The highest BCUT2D eigenvalue weighted by Crippen LogP contribution is 1.99. The molecule has 0 saturated heterocycles. The van der Waals surface area contributed by atoms with Gasteiger partial charge in [-0.25, -0.2) is 9.97 Å². The van der Waals surface area contributed by atoms with E-state index in [1.807, 2.05) is 0 Å². The first kappa shape index (κ1) is 12.1. The van der Waals surface area contributed by atoms with Crippen molar-refractivity contribution in [2.75, 3.05) is 13.1 Å². The topological polar surface area (TPSA) is 104 Å². The van der Waals surface area contributed by atoms with Gasteiger partial charge in [0, 0.05) is 12.7 Å². The highest BCUT2D eigenvalue weighted by Gasteiger charge is 2.14. The molecule has 1 rings (SSSR count). The molecule has 7 heteroatoms. The molecule has 0 atom stereocenters. The summed E-state index contributed by atoms with van der Waals surface area (Å²) in [5.41, 5.74) is 0.581. The molecule has 0 spiro atoms. The smallest absolute Gasteiger partial charge is 0.317 e. The van der Waals surface area contributed by atoms with Crippen molar-refractivity contribution < 1.29 is 19.8 Å². The second kappa shape index (κ2) is 5.76. The third-order valence-electron chi connectivity index (χ3n) is 1.75. The minimum absolute atomic E-state index is 0.168. The number of hydrogen-bond donors (Lipinski definition) is 2. The average Bonchev–Trinajstić information content (AvgIpc) is 2.16. The lowest BCUT2D eigenvalue weighted by Crippen LogP contribution is -2.34. The van der Waals surface area contributed by atoms with E-state index >= 15 is 0 Å². The van der Waals surface area contributed by atoms with E-state index in [-0.39, 0.29) is 19.6 Å². The molecule has 0 unspecified atom stereocenters. The number of carbonyl (C=O) groups is 2. The maximum absolute atomic E-state index is 10.5. The molecule has 0 aromatic carbocycles. The van der Waals surface area contributed by atoms with Gasteiger partial charge in [0.05, 0.1) is 18.8 Å². The number of carboxylic acid groups (broad SMARTS) is 2. The summed E-state index contributed by atoms with van der Waals surface area (Å²) in [7, 11) is 0. The summed E-state index contributed by atoms with van der Waals surface area (Å²) in [6.45, 7) is -0.506. The van der Waals surface area contributed by atoms with Crippen LogP contribution in [0.3, 0.4) is 0 Å². The van der Waals surface area contributed by atoms with E-state index < -0.39 is 11.9 Å². The Morgan fingerprint density at radius 3 is 2.31 bits per heavy atom. The predicted molar refractivity (Wildman–Crippen MR) is 52.6 cm³/mol. The van der Waals surface area contributed by atoms with Gasteiger partial charge in [-0.3, -0.25) is 14.5 Å². The summed E-state index contributed by atoms with van der Waals surface area (Å²) in [4.78, 5) is 29.9. The van der Waals surface area contributed by atoms with Gasteiger partial charge in [0.2, 0.25) is 0 Å². The van der Waals surface area contributed by atoms with Crippen LogP contribution in [-0.2, 0) is 16.1 Å². The fourth-order valence-corrected chi connectivity index (χ4v) is 1.19. The lowest BCUT2D eigenvalue weighted by Gasteiger charge is -2.16. The van der Waals surface area contributed by atoms with Crippen molar-refractivity contribution in [3.8, 4) is 0 Å². The molecule has 0 saturated carbocycles. The van der Waals surface area contributed by atoms with Crippen LogP contribution in [0.25, 0.3) is 0 Å². The van der Waals surface area contributed by atoms with Gasteiger partial charge in [-0.15, -0.1) is 0 Å². The van der Waals surface area contributed by atoms with Gasteiger partial charge in [0.15, 0.2) is 0 Å². The molecule has 0 radical (unpaired) electrons. The Morgan fingerprint density at radius 1 is 1.25 bits per heavy atom. The molecule has 0 amide bonds. The fourth-order valence-electron chi connectivity index (χ4n) is 1.19. The summed E-state index contributed by atoms with van der Waals surface area (Å²) in [6.07, 6.45) is 2.84. The highest BCUT2D eigenvalue weighted by molar-refractivity contribution is 5.72. The SMILES string of the molecule is O=C(O)CN(CC(=O)O)Cc1ccncn1. The predicted octanol–water partition coefficient (Wildman–Crippen LogP) is -0.552. The van der Waals surface area contributed by atoms with Crippen LogP contribution in [0.5, 0.6) is 0 Å². The van der Waals surface area contributed by atoms with Crippen LogP contribution in [0.15, 0.2) is 18.6 Å². The van der Waals surface area contributed by atoms with Crippen LogP contribution in [-0.4, -0.2) is 50.1 Å². The molecule has 0 aliphatic carbocycles. The zero-order chi connectivity index (χ0) is 12.0. The fraction of sp³-hybridized carbons (Fsp3) is 0.333. The average molecular weight is 225 g/mol. The third kappa shape index (κ3) is 4.47. The molecule has 86 valence electrons. The Labute approximate surface area is 91.4 Å². The van der Waals surface area contributed by atoms with Crippen LogP contribution >= 0.6 is 0 Å². The van der Waals surface area contributed by atoms with Crippen LogP contribution in [0, 0.1) is 0 Å². The van der Waals surface area contributed by atoms with Crippen molar-refractivity contribution in [1.82, 2.24) is 14.9 Å². The van der Waals surface area contributed by atoms with E-state index in [1.165, 1.54) is 17.4 Å². The first-order valence-electron chi connectivity index (χ1n) is 4.49.